The van der Waals surface area contributed by atoms with Crippen LogP contribution < -0.4 is 5.32 Å². The molecule has 0 amide bonds. The molecule has 18 heavy (non-hydrogen) atoms. The fourth-order valence-corrected chi connectivity index (χ4v) is 2.08. The number of nitrogens with one attached hydrogen (secondary N) is 1. The minimum atomic E-state index is -0.166. The summed E-state index contributed by atoms with van der Waals surface area (Å²) in [5.41, 5.74) is 0. The highest BCUT2D eigenvalue weighted by Gasteiger charge is 2.20. The molecule has 0 saturated heterocycles. The van der Waals surface area contributed by atoms with Gasteiger partial charge in [0.1, 0.15) is 6.04 Å². The van der Waals surface area contributed by atoms with Crippen molar-refractivity contribution in [3.05, 3.63) is 0 Å². The Kier molecular flexibility index (Phi) is 9.98. The lowest BCUT2D eigenvalue weighted by Crippen LogP contribution is -2.47. The van der Waals surface area contributed by atoms with Gasteiger partial charge in [0.2, 0.25) is 0 Å². The van der Waals surface area contributed by atoms with Gasteiger partial charge in [0.05, 0.1) is 7.11 Å². The van der Waals surface area contributed by atoms with Crippen LogP contribution in [0.2, 0.25) is 0 Å². The number of esters is 1. The van der Waals surface area contributed by atoms with Crippen molar-refractivity contribution in [2.75, 3.05) is 26.7 Å². The van der Waals surface area contributed by atoms with Crippen molar-refractivity contribution >= 4 is 5.97 Å². The van der Waals surface area contributed by atoms with Crippen molar-refractivity contribution in [3.63, 3.8) is 0 Å². The van der Waals surface area contributed by atoms with Gasteiger partial charge < -0.3 is 15.0 Å². The third-order valence-corrected chi connectivity index (χ3v) is 3.24. The molecule has 0 rings (SSSR count). The number of hydrogen-bond donors (Lipinski definition) is 1. The van der Waals surface area contributed by atoms with E-state index in [-0.39, 0.29) is 12.0 Å². The first-order valence-electron chi connectivity index (χ1n) is 7.15. The molecular weight excluding hydrogens is 228 g/mol. The Morgan fingerprint density at radius 3 is 2.33 bits per heavy atom. The Morgan fingerprint density at radius 2 is 1.89 bits per heavy atom. The molecule has 0 fully saturated rings. The predicted octanol–water partition coefficient (Wildman–Crippen LogP) is 2.04. The van der Waals surface area contributed by atoms with Crippen LogP contribution in [-0.2, 0) is 9.53 Å². The van der Waals surface area contributed by atoms with Crippen LogP contribution in [0.1, 0.15) is 47.0 Å². The first-order chi connectivity index (χ1) is 8.58. The first-order valence-corrected chi connectivity index (χ1v) is 7.15. The number of methoxy groups -OCH3 is 1. The van der Waals surface area contributed by atoms with Crippen molar-refractivity contribution in [2.24, 2.45) is 0 Å². The number of carbonyl (C=O) groups excluding carboxylic acids is 1. The van der Waals surface area contributed by atoms with Crippen molar-refractivity contribution in [2.45, 2.75) is 59.0 Å². The van der Waals surface area contributed by atoms with Gasteiger partial charge >= 0.3 is 5.97 Å². The molecule has 1 N–H and O–H groups in total. The zero-order valence-electron chi connectivity index (χ0n) is 12.7. The Bertz CT molecular complexity index is 218. The second kappa shape index (κ2) is 10.3. The molecule has 0 radical (unpaired) electrons. The fourth-order valence-electron chi connectivity index (χ4n) is 2.08. The molecule has 0 aliphatic rings. The molecule has 0 spiro atoms. The smallest absolute Gasteiger partial charge is 0.322 e. The number of likely N-dealkylation sites (N-methyl/N-ethyl adjacent to an activating group) is 1. The Balaban J connectivity index is 4.24. The molecular formula is C14H30N2O2. The van der Waals surface area contributed by atoms with E-state index in [2.05, 4.69) is 37.9 Å². The highest BCUT2D eigenvalue weighted by molar-refractivity contribution is 5.75. The number of unbranched alkanes of at least 4 members (excludes halogenated alkanes) is 1. The lowest BCUT2D eigenvalue weighted by Gasteiger charge is -2.26. The van der Waals surface area contributed by atoms with E-state index in [1.54, 1.807) is 0 Å². The van der Waals surface area contributed by atoms with Crippen molar-refractivity contribution in [1.82, 2.24) is 10.2 Å². The van der Waals surface area contributed by atoms with Crippen LogP contribution >= 0.6 is 0 Å². The topological polar surface area (TPSA) is 41.6 Å². The molecule has 0 bridgehead atoms. The largest absolute Gasteiger partial charge is 0.468 e. The van der Waals surface area contributed by atoms with Crippen LogP contribution in [0.3, 0.4) is 0 Å². The monoisotopic (exact) mass is 258 g/mol. The summed E-state index contributed by atoms with van der Waals surface area (Å²) in [4.78, 5) is 14.0. The summed E-state index contributed by atoms with van der Waals surface area (Å²) in [7, 11) is 1.46. The lowest BCUT2D eigenvalue weighted by molar-refractivity contribution is -0.143. The number of ether oxygens (including phenoxy) is 1. The van der Waals surface area contributed by atoms with Crippen molar-refractivity contribution in [1.29, 1.82) is 0 Å². The van der Waals surface area contributed by atoms with E-state index in [0.717, 1.165) is 38.9 Å². The fraction of sp³-hybridized carbons (Fsp3) is 0.929. The van der Waals surface area contributed by atoms with Gasteiger partial charge in [0.15, 0.2) is 0 Å². The van der Waals surface area contributed by atoms with Crippen LogP contribution in [0, 0.1) is 0 Å². The molecule has 4 heteroatoms. The highest BCUT2D eigenvalue weighted by atomic mass is 16.5. The average Bonchev–Trinajstić information content (AvgIpc) is 2.39. The summed E-state index contributed by atoms with van der Waals surface area (Å²) in [6, 6.07) is 0.131. The summed E-state index contributed by atoms with van der Waals surface area (Å²) in [6.07, 6.45) is 3.00. The van der Waals surface area contributed by atoms with E-state index < -0.39 is 0 Å². The van der Waals surface area contributed by atoms with E-state index in [4.69, 9.17) is 4.74 Å². The molecule has 0 saturated carbocycles. The Morgan fingerprint density at radius 1 is 1.28 bits per heavy atom. The van der Waals surface area contributed by atoms with Gasteiger partial charge in [-0.25, -0.2) is 0 Å². The van der Waals surface area contributed by atoms with E-state index in [9.17, 15) is 4.79 Å². The lowest BCUT2D eigenvalue weighted by atomic mass is 10.1. The van der Waals surface area contributed by atoms with Crippen LogP contribution in [0.25, 0.3) is 0 Å². The highest BCUT2D eigenvalue weighted by Crippen LogP contribution is 2.04. The van der Waals surface area contributed by atoms with Crippen molar-refractivity contribution in [3.8, 4) is 0 Å². The first kappa shape index (κ1) is 17.4. The maximum absolute atomic E-state index is 11.7. The maximum Gasteiger partial charge on any atom is 0.322 e. The second-order valence-electron chi connectivity index (χ2n) is 4.77. The van der Waals surface area contributed by atoms with Gasteiger partial charge in [0.25, 0.3) is 0 Å². The molecule has 0 aromatic rings. The van der Waals surface area contributed by atoms with Gasteiger partial charge in [-0.1, -0.05) is 33.6 Å². The third kappa shape index (κ3) is 6.97. The maximum atomic E-state index is 11.7. The van der Waals surface area contributed by atoms with Gasteiger partial charge in [0, 0.05) is 12.6 Å². The van der Waals surface area contributed by atoms with Crippen LogP contribution in [-0.4, -0.2) is 49.7 Å². The SMILES string of the molecule is CCCCC(NC(C)CN(CC)CC)C(=O)OC. The van der Waals surface area contributed by atoms with Gasteiger partial charge in [-0.2, -0.15) is 0 Å². The predicted molar refractivity (Wildman–Crippen MR) is 75.7 cm³/mol. The average molecular weight is 258 g/mol. The zero-order chi connectivity index (χ0) is 14.0. The van der Waals surface area contributed by atoms with Gasteiger partial charge in [-0.3, -0.25) is 4.79 Å². The van der Waals surface area contributed by atoms with Crippen LogP contribution in [0.5, 0.6) is 0 Å². The van der Waals surface area contributed by atoms with E-state index in [0.29, 0.717) is 6.04 Å². The molecule has 2 unspecified atom stereocenters. The van der Waals surface area contributed by atoms with Crippen molar-refractivity contribution < 1.29 is 9.53 Å². The summed E-state index contributed by atoms with van der Waals surface area (Å²) in [6.45, 7) is 11.6. The summed E-state index contributed by atoms with van der Waals surface area (Å²) < 4.78 is 4.85. The van der Waals surface area contributed by atoms with Crippen LogP contribution in [0.15, 0.2) is 0 Å². The number of hydrogen-bond acceptors (Lipinski definition) is 4. The minimum Gasteiger partial charge on any atom is -0.468 e. The van der Waals surface area contributed by atoms with Gasteiger partial charge in [-0.05, 0) is 26.4 Å². The number of nitrogens with zero attached hydrogens (tertiary/aromatic N) is 1. The second-order valence-corrected chi connectivity index (χ2v) is 4.77. The Labute approximate surface area is 112 Å². The zero-order valence-corrected chi connectivity index (χ0v) is 12.7. The van der Waals surface area contributed by atoms with Crippen LogP contribution in [0.4, 0.5) is 0 Å². The summed E-state index contributed by atoms with van der Waals surface area (Å²) >= 11 is 0. The third-order valence-electron chi connectivity index (χ3n) is 3.24. The van der Waals surface area contributed by atoms with E-state index in [1.165, 1.54) is 7.11 Å². The molecule has 0 aliphatic carbocycles. The normalized spacial score (nSPS) is 14.6. The standard InChI is InChI=1S/C14H30N2O2/c1-6-9-10-13(14(17)18-5)15-12(4)11-16(7-2)8-3/h12-13,15H,6-11H2,1-5H3. The molecule has 2 atom stereocenters. The molecule has 0 heterocycles. The Hall–Kier alpha value is -0.610. The number of carbonyl (C=O) groups is 1. The summed E-state index contributed by atoms with van der Waals surface area (Å²) in [5.74, 6) is -0.144. The van der Waals surface area contributed by atoms with E-state index >= 15 is 0 Å². The minimum absolute atomic E-state index is 0.144. The molecule has 0 aliphatic heterocycles. The van der Waals surface area contributed by atoms with E-state index in [1.807, 2.05) is 0 Å². The summed E-state index contributed by atoms with van der Waals surface area (Å²) in [5, 5.41) is 3.39. The quantitative estimate of drug-likeness (QED) is 0.609. The molecule has 108 valence electrons. The number of rotatable bonds is 10. The van der Waals surface area contributed by atoms with Gasteiger partial charge in [-0.15, -0.1) is 0 Å². The molecule has 0 aromatic heterocycles. The molecule has 0 aromatic carbocycles. The molecule has 4 nitrogen and oxygen atoms in total.